The summed E-state index contributed by atoms with van der Waals surface area (Å²) in [5.74, 6) is -0.135. The Morgan fingerprint density at radius 3 is 2.41 bits per heavy atom. The van der Waals surface area contributed by atoms with Crippen molar-refractivity contribution in [3.63, 3.8) is 0 Å². The number of carbonyl (C=O) groups is 1. The van der Waals surface area contributed by atoms with E-state index in [9.17, 15) is 4.79 Å². The second kappa shape index (κ2) is 7.66. The minimum Gasteiger partial charge on any atom is -0.381 e. The standard InChI is InChI=1S/C18H19ClN2O/c1-13-7-3-5-9-16(13)21-18(22)15-8-4-6-10-17(15)20-12-11-14(2)19/h3-11,20H,12H2,1-2H3,(H,21,22). The zero-order valence-electron chi connectivity index (χ0n) is 12.7. The molecule has 0 atom stereocenters. The van der Waals surface area contributed by atoms with Crippen LogP contribution in [-0.4, -0.2) is 12.5 Å². The maximum absolute atomic E-state index is 12.5. The van der Waals surface area contributed by atoms with Crippen LogP contribution in [0, 0.1) is 6.92 Å². The van der Waals surface area contributed by atoms with Crippen molar-refractivity contribution in [2.24, 2.45) is 0 Å². The Kier molecular flexibility index (Phi) is 5.61. The fraction of sp³-hybridized carbons (Fsp3) is 0.167. The number of aryl methyl sites for hydroxylation is 1. The molecule has 0 spiro atoms. The molecular formula is C18H19ClN2O. The number of hydrogen-bond donors (Lipinski definition) is 2. The largest absolute Gasteiger partial charge is 0.381 e. The van der Waals surface area contributed by atoms with Crippen molar-refractivity contribution in [1.82, 2.24) is 0 Å². The molecule has 0 aliphatic heterocycles. The van der Waals surface area contributed by atoms with Crippen molar-refractivity contribution in [3.8, 4) is 0 Å². The maximum Gasteiger partial charge on any atom is 0.257 e. The predicted octanol–water partition coefficient (Wildman–Crippen LogP) is 4.80. The normalized spacial score (nSPS) is 11.1. The first-order chi connectivity index (χ1) is 10.6. The number of nitrogens with one attached hydrogen (secondary N) is 2. The molecule has 0 saturated heterocycles. The topological polar surface area (TPSA) is 41.1 Å². The third-order valence-corrected chi connectivity index (χ3v) is 3.40. The Balaban J connectivity index is 2.16. The number of benzene rings is 2. The smallest absolute Gasteiger partial charge is 0.257 e. The number of para-hydroxylation sites is 2. The Labute approximate surface area is 136 Å². The van der Waals surface area contributed by atoms with Crippen LogP contribution < -0.4 is 10.6 Å². The predicted molar refractivity (Wildman–Crippen MR) is 93.7 cm³/mol. The lowest BCUT2D eigenvalue weighted by molar-refractivity contribution is 0.102. The molecule has 0 saturated carbocycles. The highest BCUT2D eigenvalue weighted by molar-refractivity contribution is 6.29. The second-order valence-corrected chi connectivity index (χ2v) is 5.58. The molecule has 0 aliphatic rings. The highest BCUT2D eigenvalue weighted by atomic mass is 35.5. The molecule has 0 bridgehead atoms. The average molecular weight is 315 g/mol. The van der Waals surface area contributed by atoms with Crippen molar-refractivity contribution in [1.29, 1.82) is 0 Å². The van der Waals surface area contributed by atoms with Gasteiger partial charge in [-0.15, -0.1) is 0 Å². The van der Waals surface area contributed by atoms with Gasteiger partial charge < -0.3 is 10.6 Å². The van der Waals surface area contributed by atoms with E-state index >= 15 is 0 Å². The fourth-order valence-corrected chi connectivity index (χ4v) is 2.12. The highest BCUT2D eigenvalue weighted by Crippen LogP contribution is 2.19. The molecular weight excluding hydrogens is 296 g/mol. The van der Waals surface area contributed by atoms with E-state index in [0.717, 1.165) is 16.9 Å². The number of carbonyl (C=O) groups excluding carboxylic acids is 1. The fourth-order valence-electron chi connectivity index (χ4n) is 2.04. The lowest BCUT2D eigenvalue weighted by Crippen LogP contribution is -2.15. The lowest BCUT2D eigenvalue weighted by atomic mass is 10.1. The van der Waals surface area contributed by atoms with Crippen molar-refractivity contribution in [2.75, 3.05) is 17.2 Å². The van der Waals surface area contributed by atoms with Crippen LogP contribution in [0.2, 0.25) is 0 Å². The SMILES string of the molecule is CC(Cl)=CCNc1ccccc1C(=O)Nc1ccccc1C. The summed E-state index contributed by atoms with van der Waals surface area (Å²) >= 11 is 5.81. The molecule has 0 fully saturated rings. The van der Waals surface area contributed by atoms with Gasteiger partial charge in [-0.25, -0.2) is 0 Å². The summed E-state index contributed by atoms with van der Waals surface area (Å²) in [5, 5.41) is 6.87. The molecule has 0 aromatic heterocycles. The van der Waals surface area contributed by atoms with Gasteiger partial charge in [-0.3, -0.25) is 4.79 Å². The number of rotatable bonds is 5. The number of allylic oxidation sites excluding steroid dienone is 1. The maximum atomic E-state index is 12.5. The van der Waals surface area contributed by atoms with Crippen LogP contribution in [-0.2, 0) is 0 Å². The van der Waals surface area contributed by atoms with Crippen LogP contribution in [0.15, 0.2) is 59.6 Å². The lowest BCUT2D eigenvalue weighted by Gasteiger charge is -2.12. The average Bonchev–Trinajstić information content (AvgIpc) is 2.49. The summed E-state index contributed by atoms with van der Waals surface area (Å²) in [6.07, 6.45) is 1.86. The van der Waals surface area contributed by atoms with E-state index < -0.39 is 0 Å². The zero-order chi connectivity index (χ0) is 15.9. The van der Waals surface area contributed by atoms with Crippen LogP contribution in [0.3, 0.4) is 0 Å². The monoisotopic (exact) mass is 314 g/mol. The van der Waals surface area contributed by atoms with Crippen molar-refractivity contribution < 1.29 is 4.79 Å². The van der Waals surface area contributed by atoms with Crippen LogP contribution in [0.25, 0.3) is 0 Å². The minimum absolute atomic E-state index is 0.135. The molecule has 2 aromatic rings. The summed E-state index contributed by atoms with van der Waals surface area (Å²) in [6, 6.07) is 15.1. The number of amides is 1. The van der Waals surface area contributed by atoms with E-state index in [-0.39, 0.29) is 5.91 Å². The minimum atomic E-state index is -0.135. The Morgan fingerprint density at radius 1 is 1.09 bits per heavy atom. The van der Waals surface area contributed by atoms with Crippen LogP contribution >= 0.6 is 11.6 Å². The van der Waals surface area contributed by atoms with Gasteiger partial charge in [0.1, 0.15) is 0 Å². The zero-order valence-corrected chi connectivity index (χ0v) is 13.4. The van der Waals surface area contributed by atoms with Crippen molar-refractivity contribution >= 4 is 28.9 Å². The summed E-state index contributed by atoms with van der Waals surface area (Å²) in [5.41, 5.74) is 3.23. The van der Waals surface area contributed by atoms with Crippen LogP contribution in [0.4, 0.5) is 11.4 Å². The third-order valence-electron chi connectivity index (χ3n) is 3.24. The summed E-state index contributed by atoms with van der Waals surface area (Å²) < 4.78 is 0. The molecule has 0 radical (unpaired) electrons. The molecule has 114 valence electrons. The van der Waals surface area contributed by atoms with E-state index in [1.165, 1.54) is 0 Å². The summed E-state index contributed by atoms with van der Waals surface area (Å²) in [7, 11) is 0. The van der Waals surface area contributed by atoms with E-state index in [2.05, 4.69) is 10.6 Å². The van der Waals surface area contributed by atoms with E-state index in [1.807, 2.05) is 62.4 Å². The Morgan fingerprint density at radius 2 is 1.73 bits per heavy atom. The van der Waals surface area contributed by atoms with E-state index in [0.29, 0.717) is 17.1 Å². The molecule has 0 aliphatic carbocycles. The number of anilines is 2. The van der Waals surface area contributed by atoms with Crippen molar-refractivity contribution in [3.05, 3.63) is 70.8 Å². The first-order valence-electron chi connectivity index (χ1n) is 7.10. The molecule has 2 rings (SSSR count). The summed E-state index contributed by atoms with van der Waals surface area (Å²) in [6.45, 7) is 4.36. The van der Waals surface area contributed by atoms with Gasteiger partial charge in [0.25, 0.3) is 5.91 Å². The quantitative estimate of drug-likeness (QED) is 0.832. The molecule has 0 heterocycles. The molecule has 2 N–H and O–H groups in total. The van der Waals surface area contributed by atoms with Crippen LogP contribution in [0.1, 0.15) is 22.8 Å². The van der Waals surface area contributed by atoms with Crippen LogP contribution in [0.5, 0.6) is 0 Å². The Hall–Kier alpha value is -2.26. The summed E-state index contributed by atoms with van der Waals surface area (Å²) in [4.78, 5) is 12.5. The molecule has 3 nitrogen and oxygen atoms in total. The van der Waals surface area contributed by atoms with E-state index in [4.69, 9.17) is 11.6 Å². The van der Waals surface area contributed by atoms with Gasteiger partial charge in [0.05, 0.1) is 5.56 Å². The van der Waals surface area contributed by atoms with E-state index in [1.54, 1.807) is 6.07 Å². The van der Waals surface area contributed by atoms with Gasteiger partial charge in [-0.2, -0.15) is 0 Å². The molecule has 0 unspecified atom stereocenters. The Bertz CT molecular complexity index is 691. The number of hydrogen-bond acceptors (Lipinski definition) is 2. The first kappa shape index (κ1) is 16.1. The molecule has 2 aromatic carbocycles. The van der Waals surface area contributed by atoms with Gasteiger partial charge in [-0.05, 0) is 37.6 Å². The van der Waals surface area contributed by atoms with Gasteiger partial charge in [0, 0.05) is 23.0 Å². The van der Waals surface area contributed by atoms with Gasteiger partial charge in [-0.1, -0.05) is 48.0 Å². The molecule has 1 amide bonds. The molecule has 22 heavy (non-hydrogen) atoms. The van der Waals surface area contributed by atoms with Gasteiger partial charge in [0.2, 0.25) is 0 Å². The van der Waals surface area contributed by atoms with Gasteiger partial charge in [0.15, 0.2) is 0 Å². The van der Waals surface area contributed by atoms with Crippen molar-refractivity contribution in [2.45, 2.75) is 13.8 Å². The second-order valence-electron chi connectivity index (χ2n) is 4.99. The van der Waals surface area contributed by atoms with Gasteiger partial charge >= 0.3 is 0 Å². The number of halogens is 1. The third kappa shape index (κ3) is 4.37. The highest BCUT2D eigenvalue weighted by Gasteiger charge is 2.11. The molecule has 4 heteroatoms. The first-order valence-corrected chi connectivity index (χ1v) is 7.48.